The van der Waals surface area contributed by atoms with E-state index in [-0.39, 0.29) is 0 Å². The zero-order valence-electron chi connectivity index (χ0n) is 14.4. The normalized spacial score (nSPS) is 10.6. The second-order valence-electron chi connectivity index (χ2n) is 5.94. The topological polar surface area (TPSA) is 44.5 Å². The first-order valence-electron chi connectivity index (χ1n) is 8.21. The molecule has 0 aliphatic rings. The summed E-state index contributed by atoms with van der Waals surface area (Å²) in [6.07, 6.45) is 0. The molecule has 0 aliphatic heterocycles. The van der Waals surface area contributed by atoms with Gasteiger partial charge in [0.05, 0.1) is 5.56 Å². The van der Waals surface area contributed by atoms with Crippen LogP contribution < -0.4 is 15.2 Å². The molecular weight excluding hydrogens is 330 g/mol. The average Bonchev–Trinajstić information content (AvgIpc) is 2.60. The lowest BCUT2D eigenvalue weighted by molar-refractivity contribution is 0.215. The van der Waals surface area contributed by atoms with E-state index >= 15 is 0 Å². The molecule has 0 unspecified atom stereocenters. The van der Waals surface area contributed by atoms with E-state index in [4.69, 9.17) is 27.4 Å². The van der Waals surface area contributed by atoms with Crippen LogP contribution >= 0.6 is 12.2 Å². The molecule has 3 nitrogen and oxygen atoms in total. The van der Waals surface area contributed by atoms with Crippen molar-refractivity contribution >= 4 is 28.0 Å². The van der Waals surface area contributed by atoms with Crippen LogP contribution in [-0.2, 0) is 0 Å². The molecular formula is C21H21NO2S. The maximum Gasteiger partial charge on any atom is 0.130 e. The Morgan fingerprint density at radius 1 is 0.880 bits per heavy atom. The summed E-state index contributed by atoms with van der Waals surface area (Å²) in [5, 5.41) is 2.09. The summed E-state index contributed by atoms with van der Waals surface area (Å²) < 4.78 is 11.8. The van der Waals surface area contributed by atoms with E-state index in [0.717, 1.165) is 33.2 Å². The lowest BCUT2D eigenvalue weighted by Crippen LogP contribution is -2.15. The van der Waals surface area contributed by atoms with Crippen molar-refractivity contribution in [1.82, 2.24) is 0 Å². The minimum atomic E-state index is 0.336. The summed E-state index contributed by atoms with van der Waals surface area (Å²) in [4.78, 5) is 0.336. The summed E-state index contributed by atoms with van der Waals surface area (Å²) >= 11 is 5.23. The van der Waals surface area contributed by atoms with Crippen LogP contribution in [0, 0.1) is 13.8 Å². The van der Waals surface area contributed by atoms with Crippen molar-refractivity contribution in [3.8, 4) is 11.5 Å². The van der Waals surface area contributed by atoms with Crippen molar-refractivity contribution in [3.63, 3.8) is 0 Å². The lowest BCUT2D eigenvalue weighted by atomic mass is 10.0. The number of nitrogens with two attached hydrogens (primary N) is 1. The smallest absolute Gasteiger partial charge is 0.130 e. The van der Waals surface area contributed by atoms with E-state index in [0.29, 0.717) is 24.0 Å². The number of aryl methyl sites for hydroxylation is 2. The van der Waals surface area contributed by atoms with Crippen molar-refractivity contribution < 1.29 is 9.47 Å². The molecule has 128 valence electrons. The molecule has 0 aliphatic carbocycles. The van der Waals surface area contributed by atoms with Crippen LogP contribution in [-0.4, -0.2) is 18.2 Å². The Morgan fingerprint density at radius 2 is 1.56 bits per heavy atom. The number of fused-ring (bicyclic) bond motifs is 1. The number of hydrogen-bond donors (Lipinski definition) is 1. The fourth-order valence-corrected chi connectivity index (χ4v) is 3.16. The minimum Gasteiger partial charge on any atom is -0.489 e. The second kappa shape index (κ2) is 7.53. The van der Waals surface area contributed by atoms with Crippen molar-refractivity contribution in [2.45, 2.75) is 13.8 Å². The molecule has 0 heterocycles. The highest BCUT2D eigenvalue weighted by molar-refractivity contribution is 7.80. The Hall–Kier alpha value is -2.59. The molecule has 0 saturated carbocycles. The first-order chi connectivity index (χ1) is 12.1. The van der Waals surface area contributed by atoms with Gasteiger partial charge in [-0.15, -0.1) is 0 Å². The standard InChI is InChI=1S/C21H21NO2S/c1-14-6-5-7-15(2)20(14)24-13-12-23-18-11-10-16-8-3-4-9-17(16)19(18)21(22)25/h3-11H,12-13H2,1-2H3,(H2,22,25). The van der Waals surface area contributed by atoms with Gasteiger partial charge in [-0.25, -0.2) is 0 Å². The fraction of sp³-hybridized carbons (Fsp3) is 0.190. The Labute approximate surface area is 153 Å². The van der Waals surface area contributed by atoms with Crippen LogP contribution in [0.15, 0.2) is 54.6 Å². The largest absolute Gasteiger partial charge is 0.489 e. The number of benzene rings is 3. The van der Waals surface area contributed by atoms with Crippen molar-refractivity contribution in [2.75, 3.05) is 13.2 Å². The summed E-state index contributed by atoms with van der Waals surface area (Å²) in [5.74, 6) is 1.61. The predicted molar refractivity (Wildman–Crippen MR) is 107 cm³/mol. The Balaban J connectivity index is 1.73. The zero-order valence-corrected chi connectivity index (χ0v) is 15.2. The van der Waals surface area contributed by atoms with Gasteiger partial charge >= 0.3 is 0 Å². The van der Waals surface area contributed by atoms with Crippen LogP contribution in [0.2, 0.25) is 0 Å². The van der Waals surface area contributed by atoms with E-state index in [1.807, 2.05) is 68.4 Å². The van der Waals surface area contributed by atoms with Crippen LogP contribution in [0.4, 0.5) is 0 Å². The fourth-order valence-electron chi connectivity index (χ4n) is 2.95. The van der Waals surface area contributed by atoms with Crippen molar-refractivity contribution in [2.24, 2.45) is 5.73 Å². The first-order valence-corrected chi connectivity index (χ1v) is 8.62. The van der Waals surface area contributed by atoms with Crippen molar-refractivity contribution in [3.05, 3.63) is 71.3 Å². The third kappa shape index (κ3) is 3.74. The number of rotatable bonds is 6. The number of para-hydroxylation sites is 1. The third-order valence-electron chi connectivity index (χ3n) is 4.13. The van der Waals surface area contributed by atoms with E-state index < -0.39 is 0 Å². The summed E-state index contributed by atoms with van der Waals surface area (Å²) in [5.41, 5.74) is 8.95. The van der Waals surface area contributed by atoms with Gasteiger partial charge in [-0.05, 0) is 41.8 Å². The molecule has 0 saturated heterocycles. The van der Waals surface area contributed by atoms with E-state index in [1.165, 1.54) is 0 Å². The van der Waals surface area contributed by atoms with E-state index in [1.54, 1.807) is 0 Å². The van der Waals surface area contributed by atoms with E-state index in [9.17, 15) is 0 Å². The highest BCUT2D eigenvalue weighted by Gasteiger charge is 2.11. The SMILES string of the molecule is Cc1cccc(C)c1OCCOc1ccc2ccccc2c1C(N)=S. The molecule has 0 fully saturated rings. The van der Waals surface area contributed by atoms with Gasteiger partial charge in [0.2, 0.25) is 0 Å². The molecule has 0 amide bonds. The summed E-state index contributed by atoms with van der Waals surface area (Å²) in [6.45, 7) is 4.95. The molecule has 0 atom stereocenters. The Kier molecular flexibility index (Phi) is 5.19. The Morgan fingerprint density at radius 3 is 2.28 bits per heavy atom. The molecule has 3 aromatic rings. The number of ether oxygens (including phenoxy) is 2. The van der Waals surface area contributed by atoms with Crippen LogP contribution in [0.5, 0.6) is 11.5 Å². The summed E-state index contributed by atoms with van der Waals surface area (Å²) in [7, 11) is 0. The van der Waals surface area contributed by atoms with Gasteiger partial charge in [0, 0.05) is 0 Å². The van der Waals surface area contributed by atoms with Gasteiger partial charge in [-0.1, -0.05) is 60.7 Å². The highest BCUT2D eigenvalue weighted by atomic mass is 32.1. The molecule has 3 aromatic carbocycles. The third-order valence-corrected chi connectivity index (χ3v) is 4.34. The molecule has 2 N–H and O–H groups in total. The van der Waals surface area contributed by atoms with Crippen LogP contribution in [0.1, 0.15) is 16.7 Å². The molecule has 0 spiro atoms. The van der Waals surface area contributed by atoms with Gasteiger partial charge in [0.15, 0.2) is 0 Å². The van der Waals surface area contributed by atoms with E-state index in [2.05, 4.69) is 0 Å². The molecule has 0 bridgehead atoms. The maximum atomic E-state index is 5.94. The van der Waals surface area contributed by atoms with Gasteiger partial charge in [0.1, 0.15) is 29.7 Å². The van der Waals surface area contributed by atoms with Crippen LogP contribution in [0.3, 0.4) is 0 Å². The Bertz CT molecular complexity index is 901. The van der Waals surface area contributed by atoms with Gasteiger partial charge in [-0.2, -0.15) is 0 Å². The molecule has 0 radical (unpaired) electrons. The molecule has 3 rings (SSSR count). The monoisotopic (exact) mass is 351 g/mol. The van der Waals surface area contributed by atoms with Gasteiger partial charge < -0.3 is 15.2 Å². The zero-order chi connectivity index (χ0) is 17.8. The molecule has 4 heteroatoms. The molecule has 25 heavy (non-hydrogen) atoms. The quantitative estimate of drug-likeness (QED) is 0.523. The minimum absolute atomic E-state index is 0.336. The highest BCUT2D eigenvalue weighted by Crippen LogP contribution is 2.28. The van der Waals surface area contributed by atoms with Gasteiger partial charge in [-0.3, -0.25) is 0 Å². The molecule has 0 aromatic heterocycles. The lowest BCUT2D eigenvalue weighted by Gasteiger charge is -2.15. The summed E-state index contributed by atoms with van der Waals surface area (Å²) in [6, 6.07) is 18.0. The predicted octanol–water partition coefficient (Wildman–Crippen LogP) is 4.55. The average molecular weight is 351 g/mol. The van der Waals surface area contributed by atoms with Crippen LogP contribution in [0.25, 0.3) is 10.8 Å². The number of thiocarbonyl (C=S) groups is 1. The maximum absolute atomic E-state index is 5.94. The van der Waals surface area contributed by atoms with Gasteiger partial charge in [0.25, 0.3) is 0 Å². The number of hydrogen-bond acceptors (Lipinski definition) is 3. The second-order valence-corrected chi connectivity index (χ2v) is 6.38. The van der Waals surface area contributed by atoms with Crippen molar-refractivity contribution in [1.29, 1.82) is 0 Å². The first kappa shape index (κ1) is 17.2.